The molecule has 0 saturated heterocycles. The Morgan fingerprint density at radius 1 is 1.12 bits per heavy atom. The van der Waals surface area contributed by atoms with Gasteiger partial charge in [0, 0.05) is 25.1 Å². The summed E-state index contributed by atoms with van der Waals surface area (Å²) in [4.78, 5) is 34.9. The van der Waals surface area contributed by atoms with E-state index in [1.54, 1.807) is 31.2 Å². The van der Waals surface area contributed by atoms with Crippen LogP contribution < -0.4 is 20.8 Å². The van der Waals surface area contributed by atoms with Crippen LogP contribution in [0.1, 0.15) is 20.3 Å². The second kappa shape index (κ2) is 11.6. The van der Waals surface area contributed by atoms with Gasteiger partial charge in [-0.1, -0.05) is 0 Å². The summed E-state index contributed by atoms with van der Waals surface area (Å²) in [6.45, 7) is 4.54. The third-order valence-corrected chi connectivity index (χ3v) is 3.01. The maximum Gasteiger partial charge on any atom is 0.329 e. The number of amides is 3. The molecule has 0 radical (unpaired) electrons. The average Bonchev–Trinajstić information content (AvgIpc) is 2.61. The van der Waals surface area contributed by atoms with Crippen molar-refractivity contribution in [3.8, 4) is 5.75 Å². The molecule has 9 heteroatoms. The number of methoxy groups -OCH3 is 1. The van der Waals surface area contributed by atoms with Gasteiger partial charge in [-0.25, -0.2) is 5.43 Å². The van der Waals surface area contributed by atoms with Gasteiger partial charge < -0.3 is 20.1 Å². The van der Waals surface area contributed by atoms with Crippen LogP contribution in [0.2, 0.25) is 0 Å². The van der Waals surface area contributed by atoms with Gasteiger partial charge in [0.05, 0.1) is 19.6 Å². The van der Waals surface area contributed by atoms with Crippen molar-refractivity contribution in [1.29, 1.82) is 0 Å². The fraction of sp³-hybridized carbons (Fsp3) is 0.412. The van der Waals surface area contributed by atoms with E-state index in [1.165, 1.54) is 7.11 Å². The number of rotatable bonds is 9. The molecule has 0 aliphatic carbocycles. The number of hydrazone groups is 1. The lowest BCUT2D eigenvalue weighted by Gasteiger charge is -2.07. The van der Waals surface area contributed by atoms with Crippen LogP contribution in [0, 0.1) is 0 Å². The van der Waals surface area contributed by atoms with E-state index in [4.69, 9.17) is 9.47 Å². The van der Waals surface area contributed by atoms with Crippen LogP contribution in [0.15, 0.2) is 29.4 Å². The Labute approximate surface area is 152 Å². The standard InChI is InChI=1S/C17H24N4O5/c1-4-26-14-7-5-13(6-8-14)19-15(22)11-12(2)20-21-17(24)16(23)18-9-10-25-3/h5-8H,4,9-11H2,1-3H3,(H,18,23)(H,19,22)(H,21,24). The van der Waals surface area contributed by atoms with Crippen LogP contribution in [0.4, 0.5) is 5.69 Å². The topological polar surface area (TPSA) is 118 Å². The van der Waals surface area contributed by atoms with E-state index in [2.05, 4.69) is 21.2 Å². The number of hydrogen-bond donors (Lipinski definition) is 3. The lowest BCUT2D eigenvalue weighted by Crippen LogP contribution is -2.39. The van der Waals surface area contributed by atoms with Gasteiger partial charge >= 0.3 is 11.8 Å². The van der Waals surface area contributed by atoms with Gasteiger partial charge in [0.1, 0.15) is 5.75 Å². The molecule has 0 atom stereocenters. The Balaban J connectivity index is 2.41. The number of carbonyl (C=O) groups is 3. The fourth-order valence-electron chi connectivity index (χ4n) is 1.82. The monoisotopic (exact) mass is 364 g/mol. The van der Waals surface area contributed by atoms with Crippen LogP contribution >= 0.6 is 0 Å². The maximum absolute atomic E-state index is 12.0. The average molecular weight is 364 g/mol. The normalized spacial score (nSPS) is 10.8. The predicted molar refractivity (Wildman–Crippen MR) is 97.0 cm³/mol. The summed E-state index contributed by atoms with van der Waals surface area (Å²) in [5.74, 6) is -1.31. The van der Waals surface area contributed by atoms with E-state index >= 15 is 0 Å². The summed E-state index contributed by atoms with van der Waals surface area (Å²) in [5.41, 5.74) is 3.07. The summed E-state index contributed by atoms with van der Waals surface area (Å²) in [6, 6.07) is 6.95. The van der Waals surface area contributed by atoms with E-state index in [0.29, 0.717) is 24.6 Å². The van der Waals surface area contributed by atoms with Crippen molar-refractivity contribution in [2.45, 2.75) is 20.3 Å². The number of nitrogens with one attached hydrogen (secondary N) is 3. The minimum atomic E-state index is -0.910. The quantitative estimate of drug-likeness (QED) is 0.258. The summed E-state index contributed by atoms with van der Waals surface area (Å²) in [7, 11) is 1.48. The van der Waals surface area contributed by atoms with Crippen LogP contribution in [0.25, 0.3) is 0 Å². The molecule has 0 aliphatic rings. The van der Waals surface area contributed by atoms with E-state index < -0.39 is 11.8 Å². The Morgan fingerprint density at radius 3 is 2.42 bits per heavy atom. The molecule has 0 saturated carbocycles. The highest BCUT2D eigenvalue weighted by Gasteiger charge is 2.12. The molecule has 26 heavy (non-hydrogen) atoms. The van der Waals surface area contributed by atoms with Gasteiger partial charge in [0.25, 0.3) is 0 Å². The molecule has 0 unspecified atom stereocenters. The smallest absolute Gasteiger partial charge is 0.329 e. The van der Waals surface area contributed by atoms with Crippen molar-refractivity contribution in [1.82, 2.24) is 10.7 Å². The van der Waals surface area contributed by atoms with Gasteiger partial charge in [0.2, 0.25) is 5.91 Å². The first-order valence-corrected chi connectivity index (χ1v) is 8.09. The fourth-order valence-corrected chi connectivity index (χ4v) is 1.82. The number of ether oxygens (including phenoxy) is 2. The number of anilines is 1. The van der Waals surface area contributed by atoms with Crippen molar-refractivity contribution in [3.05, 3.63) is 24.3 Å². The zero-order chi connectivity index (χ0) is 19.4. The van der Waals surface area contributed by atoms with E-state index in [0.717, 1.165) is 5.75 Å². The zero-order valence-electron chi connectivity index (χ0n) is 15.1. The predicted octanol–water partition coefficient (Wildman–Crippen LogP) is 0.669. The molecule has 1 aromatic carbocycles. The van der Waals surface area contributed by atoms with Gasteiger partial charge in [-0.2, -0.15) is 5.10 Å². The number of benzene rings is 1. The Kier molecular flexibility index (Phi) is 9.40. The molecule has 0 aromatic heterocycles. The second-order valence-electron chi connectivity index (χ2n) is 5.22. The molecule has 0 spiro atoms. The van der Waals surface area contributed by atoms with Crippen LogP contribution in [-0.4, -0.2) is 50.3 Å². The minimum absolute atomic E-state index is 0.0290. The summed E-state index contributed by atoms with van der Waals surface area (Å²) < 4.78 is 10.1. The van der Waals surface area contributed by atoms with Gasteiger partial charge in [0.15, 0.2) is 0 Å². The van der Waals surface area contributed by atoms with Gasteiger partial charge in [-0.15, -0.1) is 0 Å². The molecule has 0 aliphatic heterocycles. The molecule has 0 heterocycles. The summed E-state index contributed by atoms with van der Waals surface area (Å²) in [6.07, 6.45) is -0.0290. The third kappa shape index (κ3) is 8.25. The molecule has 142 valence electrons. The molecule has 9 nitrogen and oxygen atoms in total. The van der Waals surface area contributed by atoms with Crippen LogP contribution in [0.3, 0.4) is 0 Å². The van der Waals surface area contributed by atoms with Gasteiger partial charge in [-0.3, -0.25) is 14.4 Å². The van der Waals surface area contributed by atoms with Crippen molar-refractivity contribution >= 4 is 29.1 Å². The molecule has 3 amide bonds. The van der Waals surface area contributed by atoms with Crippen molar-refractivity contribution < 1.29 is 23.9 Å². The van der Waals surface area contributed by atoms with Crippen molar-refractivity contribution in [2.24, 2.45) is 5.10 Å². The molecule has 0 fully saturated rings. The molecule has 1 aromatic rings. The Hall–Kier alpha value is -2.94. The summed E-state index contributed by atoms with van der Waals surface area (Å²) >= 11 is 0. The third-order valence-electron chi connectivity index (χ3n) is 3.01. The first kappa shape index (κ1) is 21.1. The van der Waals surface area contributed by atoms with E-state index in [-0.39, 0.29) is 18.9 Å². The number of hydrogen-bond acceptors (Lipinski definition) is 6. The zero-order valence-corrected chi connectivity index (χ0v) is 15.1. The molecule has 0 bridgehead atoms. The van der Waals surface area contributed by atoms with E-state index in [1.807, 2.05) is 6.92 Å². The van der Waals surface area contributed by atoms with Crippen LogP contribution in [-0.2, 0) is 19.1 Å². The lowest BCUT2D eigenvalue weighted by atomic mass is 10.2. The lowest BCUT2D eigenvalue weighted by molar-refractivity contribution is -0.139. The molecule has 1 rings (SSSR count). The number of carbonyl (C=O) groups excluding carboxylic acids is 3. The highest BCUT2D eigenvalue weighted by Crippen LogP contribution is 2.15. The second-order valence-corrected chi connectivity index (χ2v) is 5.22. The highest BCUT2D eigenvalue weighted by molar-refractivity contribution is 6.35. The van der Waals surface area contributed by atoms with Crippen LogP contribution in [0.5, 0.6) is 5.75 Å². The molecule has 3 N–H and O–H groups in total. The van der Waals surface area contributed by atoms with Gasteiger partial charge in [-0.05, 0) is 38.1 Å². The highest BCUT2D eigenvalue weighted by atomic mass is 16.5. The summed E-state index contributed by atoms with van der Waals surface area (Å²) in [5, 5.41) is 8.80. The molecular formula is C17H24N4O5. The minimum Gasteiger partial charge on any atom is -0.494 e. The molecular weight excluding hydrogens is 340 g/mol. The first-order valence-electron chi connectivity index (χ1n) is 8.09. The SMILES string of the molecule is CCOc1ccc(NC(=O)CC(C)=NNC(=O)C(=O)NCCOC)cc1. The number of nitrogens with zero attached hydrogens (tertiary/aromatic N) is 1. The van der Waals surface area contributed by atoms with E-state index in [9.17, 15) is 14.4 Å². The largest absolute Gasteiger partial charge is 0.494 e. The first-order chi connectivity index (χ1) is 12.5. The maximum atomic E-state index is 12.0. The Bertz CT molecular complexity index is 643. The van der Waals surface area contributed by atoms with Crippen molar-refractivity contribution in [2.75, 3.05) is 32.2 Å². The Morgan fingerprint density at radius 2 is 1.81 bits per heavy atom. The van der Waals surface area contributed by atoms with Crippen molar-refractivity contribution in [3.63, 3.8) is 0 Å².